The van der Waals surface area contributed by atoms with Gasteiger partial charge in [0, 0.05) is 30.1 Å². The van der Waals surface area contributed by atoms with Gasteiger partial charge >= 0.3 is 5.97 Å². The van der Waals surface area contributed by atoms with Crippen LogP contribution in [-0.4, -0.2) is 43.2 Å². The van der Waals surface area contributed by atoms with Gasteiger partial charge < -0.3 is 9.47 Å². The SMILES string of the molecule is O=C1OCC[C@H]1N1CCO[C@H](c2cc(F)c(Cl)cc2Cl)C1. The molecule has 2 saturated heterocycles. The summed E-state index contributed by atoms with van der Waals surface area (Å²) in [6.07, 6.45) is 0.292. The van der Waals surface area contributed by atoms with Crippen LogP contribution in [-0.2, 0) is 14.3 Å². The molecular weight excluding hydrogens is 320 g/mol. The lowest BCUT2D eigenvalue weighted by Crippen LogP contribution is -2.46. The number of hydrogen-bond acceptors (Lipinski definition) is 4. The summed E-state index contributed by atoms with van der Waals surface area (Å²) in [5, 5.41) is 0.345. The molecule has 21 heavy (non-hydrogen) atoms. The molecular formula is C14H14Cl2FNO3. The molecule has 0 radical (unpaired) electrons. The largest absolute Gasteiger partial charge is 0.464 e. The molecule has 2 aliphatic heterocycles. The Hall–Kier alpha value is -0.880. The first-order valence-electron chi connectivity index (χ1n) is 6.73. The van der Waals surface area contributed by atoms with Crippen molar-refractivity contribution in [2.75, 3.05) is 26.3 Å². The van der Waals surface area contributed by atoms with E-state index in [0.29, 0.717) is 43.3 Å². The molecule has 0 aliphatic carbocycles. The van der Waals surface area contributed by atoms with Gasteiger partial charge in [-0.3, -0.25) is 9.69 Å². The van der Waals surface area contributed by atoms with Gasteiger partial charge in [-0.2, -0.15) is 0 Å². The van der Waals surface area contributed by atoms with Crippen LogP contribution in [0.3, 0.4) is 0 Å². The molecule has 2 heterocycles. The van der Waals surface area contributed by atoms with Crippen LogP contribution in [0.15, 0.2) is 12.1 Å². The minimum absolute atomic E-state index is 0.0178. The van der Waals surface area contributed by atoms with Crippen molar-refractivity contribution in [3.05, 3.63) is 33.6 Å². The van der Waals surface area contributed by atoms with Crippen molar-refractivity contribution in [3.63, 3.8) is 0 Å². The third-order valence-corrected chi connectivity index (χ3v) is 4.45. The second-order valence-electron chi connectivity index (χ2n) is 5.11. The number of nitrogens with zero attached hydrogens (tertiary/aromatic N) is 1. The summed E-state index contributed by atoms with van der Waals surface area (Å²) in [5.74, 6) is -0.735. The molecule has 114 valence electrons. The lowest BCUT2D eigenvalue weighted by molar-refractivity contribution is -0.144. The van der Waals surface area contributed by atoms with Gasteiger partial charge in [0.1, 0.15) is 11.9 Å². The summed E-state index contributed by atoms with van der Waals surface area (Å²) in [4.78, 5) is 13.7. The number of carbonyl (C=O) groups excluding carboxylic acids is 1. The van der Waals surface area contributed by atoms with Crippen LogP contribution in [0.1, 0.15) is 18.1 Å². The van der Waals surface area contributed by atoms with E-state index in [4.69, 9.17) is 32.7 Å². The highest BCUT2D eigenvalue weighted by molar-refractivity contribution is 6.35. The predicted octanol–water partition coefficient (Wildman–Crippen LogP) is 2.82. The monoisotopic (exact) mass is 333 g/mol. The zero-order valence-electron chi connectivity index (χ0n) is 11.2. The summed E-state index contributed by atoms with van der Waals surface area (Å²) >= 11 is 11.8. The van der Waals surface area contributed by atoms with Crippen LogP contribution in [0.5, 0.6) is 0 Å². The average Bonchev–Trinajstić information content (AvgIpc) is 2.89. The van der Waals surface area contributed by atoms with Gasteiger partial charge in [0.25, 0.3) is 0 Å². The fourth-order valence-corrected chi connectivity index (χ4v) is 3.25. The molecule has 1 aromatic carbocycles. The molecule has 0 bridgehead atoms. The minimum Gasteiger partial charge on any atom is -0.464 e. The molecule has 0 unspecified atom stereocenters. The maximum Gasteiger partial charge on any atom is 0.323 e. The Morgan fingerprint density at radius 1 is 1.24 bits per heavy atom. The van der Waals surface area contributed by atoms with Crippen LogP contribution in [0.4, 0.5) is 4.39 Å². The van der Waals surface area contributed by atoms with Crippen molar-refractivity contribution >= 4 is 29.2 Å². The Morgan fingerprint density at radius 2 is 2.05 bits per heavy atom. The molecule has 0 saturated carbocycles. The minimum atomic E-state index is -0.530. The third kappa shape index (κ3) is 3.01. The lowest BCUT2D eigenvalue weighted by Gasteiger charge is -2.35. The third-order valence-electron chi connectivity index (χ3n) is 3.83. The van der Waals surface area contributed by atoms with Gasteiger partial charge in [-0.25, -0.2) is 4.39 Å². The lowest BCUT2D eigenvalue weighted by atomic mass is 10.1. The zero-order valence-corrected chi connectivity index (χ0v) is 12.7. The van der Waals surface area contributed by atoms with Gasteiger partial charge in [-0.05, 0) is 12.1 Å². The molecule has 2 aliphatic rings. The molecule has 4 nitrogen and oxygen atoms in total. The first-order chi connectivity index (χ1) is 10.1. The Balaban J connectivity index is 1.80. The van der Waals surface area contributed by atoms with Crippen LogP contribution < -0.4 is 0 Å². The topological polar surface area (TPSA) is 38.8 Å². The van der Waals surface area contributed by atoms with Crippen molar-refractivity contribution in [2.45, 2.75) is 18.6 Å². The molecule has 0 spiro atoms. The maximum absolute atomic E-state index is 13.6. The number of ether oxygens (including phenoxy) is 2. The van der Waals surface area contributed by atoms with E-state index in [2.05, 4.69) is 0 Å². The Labute approximate surface area is 131 Å². The molecule has 7 heteroatoms. The van der Waals surface area contributed by atoms with Crippen LogP contribution in [0, 0.1) is 5.82 Å². The second kappa shape index (κ2) is 6.08. The molecule has 0 N–H and O–H groups in total. The fourth-order valence-electron chi connectivity index (χ4n) is 2.74. The molecule has 3 rings (SSSR count). The van der Waals surface area contributed by atoms with E-state index < -0.39 is 5.82 Å². The van der Waals surface area contributed by atoms with E-state index in [1.54, 1.807) is 0 Å². The van der Waals surface area contributed by atoms with Crippen molar-refractivity contribution in [1.29, 1.82) is 0 Å². The number of halogens is 3. The van der Waals surface area contributed by atoms with Gasteiger partial charge in [0.05, 0.1) is 24.3 Å². The van der Waals surface area contributed by atoms with Gasteiger partial charge in [-0.1, -0.05) is 23.2 Å². The van der Waals surface area contributed by atoms with Gasteiger partial charge in [0.15, 0.2) is 0 Å². The number of carbonyl (C=O) groups is 1. The van der Waals surface area contributed by atoms with Crippen LogP contribution in [0.25, 0.3) is 0 Å². The second-order valence-corrected chi connectivity index (χ2v) is 5.93. The highest BCUT2D eigenvalue weighted by Crippen LogP contribution is 2.33. The smallest absolute Gasteiger partial charge is 0.323 e. The number of esters is 1. The van der Waals surface area contributed by atoms with Crippen LogP contribution >= 0.6 is 23.2 Å². The van der Waals surface area contributed by atoms with Crippen molar-refractivity contribution < 1.29 is 18.7 Å². The summed E-state index contributed by atoms with van der Waals surface area (Å²) < 4.78 is 24.3. The predicted molar refractivity (Wildman–Crippen MR) is 76.1 cm³/mol. The first kappa shape index (κ1) is 15.0. The number of rotatable bonds is 2. The van der Waals surface area contributed by atoms with Crippen molar-refractivity contribution in [3.8, 4) is 0 Å². The molecule has 0 aromatic heterocycles. The van der Waals surface area contributed by atoms with Crippen LogP contribution in [0.2, 0.25) is 10.0 Å². The van der Waals surface area contributed by atoms with E-state index >= 15 is 0 Å². The normalized spacial score (nSPS) is 26.9. The Bertz CT molecular complexity index is 569. The molecule has 0 amide bonds. The number of cyclic esters (lactones) is 1. The van der Waals surface area contributed by atoms with Gasteiger partial charge in [-0.15, -0.1) is 0 Å². The Kier molecular flexibility index (Phi) is 4.36. The first-order valence-corrected chi connectivity index (χ1v) is 7.48. The Morgan fingerprint density at radius 3 is 2.76 bits per heavy atom. The summed E-state index contributed by atoms with van der Waals surface area (Å²) in [7, 11) is 0. The van der Waals surface area contributed by atoms with E-state index in [9.17, 15) is 9.18 Å². The van der Waals surface area contributed by atoms with E-state index in [0.717, 1.165) is 0 Å². The highest BCUT2D eigenvalue weighted by Gasteiger charge is 2.36. The summed E-state index contributed by atoms with van der Waals surface area (Å²) in [6.45, 7) is 2.02. The molecule has 1 aromatic rings. The zero-order chi connectivity index (χ0) is 15.0. The fraction of sp³-hybridized carbons (Fsp3) is 0.500. The average molecular weight is 334 g/mol. The standard InChI is InChI=1S/C14H14Cl2FNO3/c15-9-6-10(16)11(17)5-8(9)13-7-18(2-4-20-13)12-1-3-21-14(12)19/h5-6,12-13H,1-4,7H2/t12-,13+/m1/s1. The van der Waals surface area contributed by atoms with Gasteiger partial charge in [0.2, 0.25) is 0 Å². The highest BCUT2D eigenvalue weighted by atomic mass is 35.5. The summed E-state index contributed by atoms with van der Waals surface area (Å²) in [6, 6.07) is 2.43. The van der Waals surface area contributed by atoms with E-state index in [1.165, 1.54) is 12.1 Å². The van der Waals surface area contributed by atoms with Crippen molar-refractivity contribution in [1.82, 2.24) is 4.90 Å². The van der Waals surface area contributed by atoms with Crippen molar-refractivity contribution in [2.24, 2.45) is 0 Å². The van der Waals surface area contributed by atoms with E-state index in [1.807, 2.05) is 4.90 Å². The molecule has 2 atom stereocenters. The molecule has 2 fully saturated rings. The number of morpholine rings is 1. The number of benzene rings is 1. The summed E-state index contributed by atoms with van der Waals surface area (Å²) in [5.41, 5.74) is 0.551. The van der Waals surface area contributed by atoms with E-state index in [-0.39, 0.29) is 23.1 Å². The maximum atomic E-state index is 13.6. The quantitative estimate of drug-likeness (QED) is 0.616. The number of hydrogen-bond donors (Lipinski definition) is 0.